The number of nitrogen functional groups attached to an aromatic ring is 1. The number of nitrogens with zero attached hydrogens (tertiary/aromatic N) is 1. The SMILES string of the molecule is Nc1cc(C(=O)N2CCCC2)ccc1Nc1ccc(I)cc1. The van der Waals surface area contributed by atoms with Crippen LogP contribution in [-0.4, -0.2) is 23.9 Å². The third-order valence-corrected chi connectivity index (χ3v) is 4.53. The molecule has 1 aliphatic heterocycles. The van der Waals surface area contributed by atoms with E-state index in [9.17, 15) is 4.79 Å². The Morgan fingerprint density at radius 1 is 1.09 bits per heavy atom. The van der Waals surface area contributed by atoms with Crippen LogP contribution in [0.15, 0.2) is 42.5 Å². The van der Waals surface area contributed by atoms with Crippen LogP contribution in [0.1, 0.15) is 23.2 Å². The maximum absolute atomic E-state index is 12.4. The first-order chi connectivity index (χ1) is 10.6. The first kappa shape index (κ1) is 15.1. The standard InChI is InChI=1S/C17H18IN3O/c18-13-4-6-14(7-5-13)20-16-8-3-12(11-15(16)19)17(22)21-9-1-2-10-21/h3-8,11,20H,1-2,9-10,19H2. The van der Waals surface area contributed by atoms with Crippen LogP contribution in [0.4, 0.5) is 17.1 Å². The zero-order valence-corrected chi connectivity index (χ0v) is 14.3. The molecule has 0 unspecified atom stereocenters. The number of carbonyl (C=O) groups is 1. The lowest BCUT2D eigenvalue weighted by molar-refractivity contribution is 0.0793. The van der Waals surface area contributed by atoms with Gasteiger partial charge in [0.25, 0.3) is 5.91 Å². The van der Waals surface area contributed by atoms with Gasteiger partial charge in [0.2, 0.25) is 0 Å². The molecular formula is C17H18IN3O. The predicted molar refractivity (Wildman–Crippen MR) is 98.4 cm³/mol. The van der Waals surface area contributed by atoms with E-state index in [1.807, 2.05) is 41.3 Å². The number of anilines is 3. The van der Waals surface area contributed by atoms with Crippen LogP contribution in [0.2, 0.25) is 0 Å². The maximum atomic E-state index is 12.4. The molecule has 0 aliphatic carbocycles. The van der Waals surface area contributed by atoms with Crippen molar-refractivity contribution >= 4 is 45.6 Å². The number of carbonyl (C=O) groups excluding carboxylic acids is 1. The second-order valence-electron chi connectivity index (χ2n) is 5.43. The fourth-order valence-electron chi connectivity index (χ4n) is 2.60. The minimum Gasteiger partial charge on any atom is -0.397 e. The Kier molecular flexibility index (Phi) is 4.52. The Balaban J connectivity index is 1.77. The van der Waals surface area contributed by atoms with Crippen LogP contribution in [0, 0.1) is 3.57 Å². The first-order valence-corrected chi connectivity index (χ1v) is 8.43. The second-order valence-corrected chi connectivity index (χ2v) is 6.68. The molecule has 3 rings (SSSR count). The summed E-state index contributed by atoms with van der Waals surface area (Å²) < 4.78 is 1.18. The highest BCUT2D eigenvalue weighted by Crippen LogP contribution is 2.25. The minimum absolute atomic E-state index is 0.0741. The topological polar surface area (TPSA) is 58.4 Å². The molecule has 114 valence electrons. The average Bonchev–Trinajstić information content (AvgIpc) is 3.05. The molecule has 1 saturated heterocycles. The molecule has 1 fully saturated rings. The van der Waals surface area contributed by atoms with E-state index in [1.165, 1.54) is 3.57 Å². The van der Waals surface area contributed by atoms with Crippen molar-refractivity contribution in [1.82, 2.24) is 4.90 Å². The number of nitrogens with two attached hydrogens (primary N) is 1. The molecule has 2 aromatic rings. The van der Waals surface area contributed by atoms with Crippen molar-refractivity contribution in [3.63, 3.8) is 0 Å². The van der Waals surface area contributed by atoms with Crippen molar-refractivity contribution in [2.24, 2.45) is 0 Å². The second kappa shape index (κ2) is 6.56. The molecule has 4 nitrogen and oxygen atoms in total. The average molecular weight is 407 g/mol. The van der Waals surface area contributed by atoms with Gasteiger partial charge in [-0.3, -0.25) is 4.79 Å². The Morgan fingerprint density at radius 2 is 1.77 bits per heavy atom. The molecule has 0 bridgehead atoms. The third-order valence-electron chi connectivity index (χ3n) is 3.82. The summed E-state index contributed by atoms with van der Waals surface area (Å²) in [5.74, 6) is 0.0741. The summed E-state index contributed by atoms with van der Waals surface area (Å²) in [5.41, 5.74) is 9.14. The Hall–Kier alpha value is -1.76. The smallest absolute Gasteiger partial charge is 0.253 e. The van der Waals surface area contributed by atoms with Crippen molar-refractivity contribution in [1.29, 1.82) is 0 Å². The van der Waals surface area contributed by atoms with Gasteiger partial charge in [-0.1, -0.05) is 0 Å². The summed E-state index contributed by atoms with van der Waals surface area (Å²) in [6.45, 7) is 1.70. The van der Waals surface area contributed by atoms with E-state index in [4.69, 9.17) is 5.73 Å². The lowest BCUT2D eigenvalue weighted by Gasteiger charge is -2.16. The molecule has 1 amide bonds. The molecule has 0 aromatic heterocycles. The highest BCUT2D eigenvalue weighted by atomic mass is 127. The molecule has 1 heterocycles. The summed E-state index contributed by atoms with van der Waals surface area (Å²) in [4.78, 5) is 14.2. The van der Waals surface area contributed by atoms with Gasteiger partial charge in [0, 0.05) is 27.9 Å². The van der Waals surface area contributed by atoms with Gasteiger partial charge in [-0.2, -0.15) is 0 Å². The van der Waals surface area contributed by atoms with Crippen LogP contribution in [0.5, 0.6) is 0 Å². The summed E-state index contributed by atoms with van der Waals surface area (Å²) in [6.07, 6.45) is 2.18. The number of likely N-dealkylation sites (tertiary alicyclic amines) is 1. The normalized spacial score (nSPS) is 14.1. The van der Waals surface area contributed by atoms with Gasteiger partial charge in [-0.15, -0.1) is 0 Å². The summed E-state index contributed by atoms with van der Waals surface area (Å²) in [5, 5.41) is 3.28. The number of amides is 1. The van der Waals surface area contributed by atoms with E-state index >= 15 is 0 Å². The number of halogens is 1. The predicted octanol–water partition coefficient (Wildman–Crippen LogP) is 3.85. The van der Waals surface area contributed by atoms with Gasteiger partial charge in [-0.25, -0.2) is 0 Å². The zero-order valence-electron chi connectivity index (χ0n) is 12.2. The summed E-state index contributed by atoms with van der Waals surface area (Å²) >= 11 is 2.27. The summed E-state index contributed by atoms with van der Waals surface area (Å²) in [7, 11) is 0. The van der Waals surface area contributed by atoms with Gasteiger partial charge < -0.3 is 16.0 Å². The molecule has 3 N–H and O–H groups in total. The van der Waals surface area contributed by atoms with Crippen LogP contribution in [0.25, 0.3) is 0 Å². The van der Waals surface area contributed by atoms with Crippen molar-refractivity contribution in [3.05, 3.63) is 51.6 Å². The van der Waals surface area contributed by atoms with Crippen molar-refractivity contribution < 1.29 is 4.79 Å². The number of benzene rings is 2. The van der Waals surface area contributed by atoms with Gasteiger partial charge in [0.05, 0.1) is 11.4 Å². The van der Waals surface area contributed by atoms with Gasteiger partial charge in [0.1, 0.15) is 0 Å². The highest BCUT2D eigenvalue weighted by molar-refractivity contribution is 14.1. The van der Waals surface area contributed by atoms with E-state index in [2.05, 4.69) is 27.9 Å². The minimum atomic E-state index is 0.0741. The quantitative estimate of drug-likeness (QED) is 0.600. The molecule has 1 aliphatic rings. The molecule has 0 atom stereocenters. The van der Waals surface area contributed by atoms with Gasteiger partial charge in [0.15, 0.2) is 0 Å². The van der Waals surface area contributed by atoms with E-state index < -0.39 is 0 Å². The molecule has 0 saturated carbocycles. The van der Waals surface area contributed by atoms with E-state index in [0.29, 0.717) is 11.3 Å². The number of rotatable bonds is 3. The fourth-order valence-corrected chi connectivity index (χ4v) is 2.96. The maximum Gasteiger partial charge on any atom is 0.253 e. The number of hydrogen-bond donors (Lipinski definition) is 2. The lowest BCUT2D eigenvalue weighted by Crippen LogP contribution is -2.27. The van der Waals surface area contributed by atoms with Crippen LogP contribution in [0.3, 0.4) is 0 Å². The Labute approximate surface area is 143 Å². The molecule has 0 spiro atoms. The van der Waals surface area contributed by atoms with Crippen molar-refractivity contribution in [2.45, 2.75) is 12.8 Å². The van der Waals surface area contributed by atoms with E-state index in [0.717, 1.165) is 37.3 Å². The van der Waals surface area contributed by atoms with Crippen molar-refractivity contribution in [2.75, 3.05) is 24.1 Å². The number of nitrogens with one attached hydrogen (secondary N) is 1. The first-order valence-electron chi connectivity index (χ1n) is 7.35. The molecule has 22 heavy (non-hydrogen) atoms. The van der Waals surface area contributed by atoms with Gasteiger partial charge in [-0.05, 0) is 77.9 Å². The fraction of sp³-hybridized carbons (Fsp3) is 0.235. The molecule has 0 radical (unpaired) electrons. The Morgan fingerprint density at radius 3 is 2.41 bits per heavy atom. The van der Waals surface area contributed by atoms with E-state index in [1.54, 1.807) is 6.07 Å². The molecule has 5 heteroatoms. The van der Waals surface area contributed by atoms with E-state index in [-0.39, 0.29) is 5.91 Å². The summed E-state index contributed by atoms with van der Waals surface area (Å²) in [6, 6.07) is 13.5. The van der Waals surface area contributed by atoms with Gasteiger partial charge >= 0.3 is 0 Å². The highest BCUT2D eigenvalue weighted by Gasteiger charge is 2.19. The van der Waals surface area contributed by atoms with Crippen molar-refractivity contribution in [3.8, 4) is 0 Å². The number of hydrogen-bond acceptors (Lipinski definition) is 3. The lowest BCUT2D eigenvalue weighted by atomic mass is 10.1. The third kappa shape index (κ3) is 3.35. The van der Waals surface area contributed by atoms with Crippen LogP contribution in [-0.2, 0) is 0 Å². The largest absolute Gasteiger partial charge is 0.397 e. The molecular weight excluding hydrogens is 389 g/mol. The Bertz CT molecular complexity index is 679. The molecule has 2 aromatic carbocycles. The van der Waals surface area contributed by atoms with Crippen LogP contribution >= 0.6 is 22.6 Å². The zero-order chi connectivity index (χ0) is 15.5. The monoisotopic (exact) mass is 407 g/mol. The van der Waals surface area contributed by atoms with Crippen LogP contribution < -0.4 is 11.1 Å².